The standard InChI is InChI=1S/C39H41N11O3/c1-22(30-8-5-15-47(30)2)50-37-28(19-42-50)36(49-20-24-11-16-48(25-12-17-52-21-25)38(51)32(24)45-49)43-35(44-37)33-26-7-4-14-39(34(26)53-46-33)13-3-6-23-9-10-29(41)27(18-40)31(23)39/h9-11,16,19-20,22,25,30H,3-8,12-15,17,21,41H2,1-2H3/t22-,25+,30-,39+/m0/s1. The number of hydrogen-bond acceptors (Lipinski definition) is 11. The average Bonchev–Trinajstić information content (AvgIpc) is 4.02. The van der Waals surface area contributed by atoms with Gasteiger partial charge in [-0.15, -0.1) is 0 Å². The number of aromatic nitrogens is 8. The first-order valence-electron chi connectivity index (χ1n) is 18.8. The molecule has 5 aromatic heterocycles. The fourth-order valence-corrected chi connectivity index (χ4v) is 9.85. The van der Waals surface area contributed by atoms with E-state index in [0.29, 0.717) is 59.0 Å². The van der Waals surface area contributed by atoms with Crippen molar-refractivity contribution in [3.05, 3.63) is 75.2 Å². The van der Waals surface area contributed by atoms with E-state index in [-0.39, 0.29) is 17.6 Å². The van der Waals surface area contributed by atoms with Crippen molar-refractivity contribution in [3.63, 3.8) is 0 Å². The molecule has 14 nitrogen and oxygen atoms in total. The molecule has 4 atom stereocenters. The Balaban J connectivity index is 1.16. The van der Waals surface area contributed by atoms with Gasteiger partial charge in [0.05, 0.1) is 41.3 Å². The van der Waals surface area contributed by atoms with Gasteiger partial charge in [0, 0.05) is 41.7 Å². The van der Waals surface area contributed by atoms with E-state index in [2.05, 4.69) is 31.0 Å². The summed E-state index contributed by atoms with van der Waals surface area (Å²) in [5.74, 6) is 1.70. The van der Waals surface area contributed by atoms with Crippen LogP contribution in [-0.4, -0.2) is 77.0 Å². The summed E-state index contributed by atoms with van der Waals surface area (Å²) in [6.07, 6.45) is 13.7. The summed E-state index contributed by atoms with van der Waals surface area (Å²) in [7, 11) is 2.16. The van der Waals surface area contributed by atoms with Gasteiger partial charge in [0.1, 0.15) is 6.07 Å². The minimum Gasteiger partial charge on any atom is -0.398 e. The Kier molecular flexibility index (Phi) is 7.35. The molecule has 270 valence electrons. The third kappa shape index (κ3) is 4.76. The van der Waals surface area contributed by atoms with Gasteiger partial charge in [-0.3, -0.25) is 4.79 Å². The summed E-state index contributed by atoms with van der Waals surface area (Å²) in [6.45, 7) is 4.38. The van der Waals surface area contributed by atoms with Crippen LogP contribution < -0.4 is 11.3 Å². The van der Waals surface area contributed by atoms with Gasteiger partial charge >= 0.3 is 0 Å². The fourth-order valence-electron chi connectivity index (χ4n) is 9.85. The van der Waals surface area contributed by atoms with Crippen molar-refractivity contribution in [1.82, 2.24) is 44.2 Å². The number of hydrogen-bond donors (Lipinski definition) is 1. The molecular formula is C39H41N11O3. The number of fused-ring (bicyclic) bond motifs is 6. The average molecular weight is 712 g/mol. The SMILES string of the molecule is C[C@@H]([C@@H]1CCCN1C)n1ncc2c(-n3cc4ccn([C@@H]5CCOC5)c(=O)c4n3)nc(-c3noc4c3CCC[C@@]43CCCc4ccc(N)c(C#N)c43)nc21. The summed E-state index contributed by atoms with van der Waals surface area (Å²) in [5.41, 5.74) is 11.5. The van der Waals surface area contributed by atoms with Crippen molar-refractivity contribution in [2.75, 3.05) is 32.5 Å². The minimum absolute atomic E-state index is 0.0127. The number of aryl methyl sites for hydroxylation is 1. The van der Waals surface area contributed by atoms with Crippen LogP contribution in [0.15, 0.2) is 46.1 Å². The largest absolute Gasteiger partial charge is 0.398 e. The van der Waals surface area contributed by atoms with Crippen molar-refractivity contribution < 1.29 is 9.26 Å². The molecule has 1 spiro atoms. The third-order valence-corrected chi connectivity index (χ3v) is 12.5. The van der Waals surface area contributed by atoms with Crippen molar-refractivity contribution in [2.24, 2.45) is 0 Å². The molecule has 0 saturated carbocycles. The second kappa shape index (κ2) is 12.1. The number of ether oxygens (including phenoxy) is 1. The Morgan fingerprint density at radius 1 is 1.11 bits per heavy atom. The smallest absolute Gasteiger partial charge is 0.279 e. The van der Waals surface area contributed by atoms with Crippen LogP contribution in [0, 0.1) is 11.3 Å². The van der Waals surface area contributed by atoms with Gasteiger partial charge in [-0.1, -0.05) is 11.2 Å². The zero-order chi connectivity index (χ0) is 36.0. The highest BCUT2D eigenvalue weighted by atomic mass is 16.5. The Bertz CT molecular complexity index is 2530. The molecule has 2 aliphatic heterocycles. The van der Waals surface area contributed by atoms with Gasteiger partial charge in [0.2, 0.25) is 0 Å². The molecule has 2 aliphatic carbocycles. The molecule has 0 bridgehead atoms. The van der Waals surface area contributed by atoms with Crippen LogP contribution in [0.1, 0.15) is 92.0 Å². The van der Waals surface area contributed by atoms with E-state index in [4.69, 9.17) is 40.3 Å². The maximum atomic E-state index is 13.7. The van der Waals surface area contributed by atoms with E-state index >= 15 is 0 Å². The maximum absolute atomic E-state index is 13.7. The van der Waals surface area contributed by atoms with Crippen LogP contribution in [0.2, 0.25) is 0 Å². The van der Waals surface area contributed by atoms with E-state index in [1.807, 2.05) is 29.2 Å². The van der Waals surface area contributed by atoms with Crippen LogP contribution in [0.3, 0.4) is 0 Å². The van der Waals surface area contributed by atoms with Crippen molar-refractivity contribution in [1.29, 1.82) is 5.26 Å². The lowest BCUT2D eigenvalue weighted by atomic mass is 9.61. The zero-order valence-corrected chi connectivity index (χ0v) is 30.0. The highest BCUT2D eigenvalue weighted by molar-refractivity contribution is 5.86. The van der Waals surface area contributed by atoms with Gasteiger partial charge in [-0.2, -0.15) is 15.5 Å². The molecule has 2 saturated heterocycles. The molecule has 0 radical (unpaired) electrons. The number of pyridine rings is 1. The van der Waals surface area contributed by atoms with Crippen LogP contribution >= 0.6 is 0 Å². The second-order valence-corrected chi connectivity index (χ2v) is 15.4. The first kappa shape index (κ1) is 32.3. The van der Waals surface area contributed by atoms with E-state index in [9.17, 15) is 10.1 Å². The van der Waals surface area contributed by atoms with Gasteiger partial charge in [-0.25, -0.2) is 19.3 Å². The summed E-state index contributed by atoms with van der Waals surface area (Å²) in [6, 6.07) is 8.59. The Morgan fingerprint density at radius 2 is 1.98 bits per heavy atom. The molecule has 1 aromatic carbocycles. The van der Waals surface area contributed by atoms with Gasteiger partial charge in [-0.05, 0) is 102 Å². The lowest BCUT2D eigenvalue weighted by Gasteiger charge is -2.41. The lowest BCUT2D eigenvalue weighted by molar-refractivity contribution is 0.186. The topological polar surface area (TPSA) is 172 Å². The summed E-state index contributed by atoms with van der Waals surface area (Å²) in [5, 5.41) is 26.2. The molecule has 10 rings (SSSR count). The molecule has 0 amide bonds. The summed E-state index contributed by atoms with van der Waals surface area (Å²) < 4.78 is 17.4. The molecular weight excluding hydrogens is 671 g/mol. The molecule has 0 unspecified atom stereocenters. The molecule has 2 fully saturated rings. The number of nitrogens with zero attached hydrogens (tertiary/aromatic N) is 10. The number of benzene rings is 1. The Labute approximate surface area is 305 Å². The molecule has 6 aromatic rings. The first-order valence-corrected chi connectivity index (χ1v) is 18.8. The second-order valence-electron chi connectivity index (χ2n) is 15.4. The Morgan fingerprint density at radius 3 is 2.77 bits per heavy atom. The highest BCUT2D eigenvalue weighted by Gasteiger charge is 2.48. The molecule has 53 heavy (non-hydrogen) atoms. The van der Waals surface area contributed by atoms with Crippen molar-refractivity contribution >= 4 is 27.6 Å². The molecule has 4 aliphatic rings. The van der Waals surface area contributed by atoms with Crippen LogP contribution in [0.5, 0.6) is 0 Å². The number of nitriles is 1. The van der Waals surface area contributed by atoms with Gasteiger partial charge in [0.15, 0.2) is 34.3 Å². The molecule has 7 heterocycles. The number of anilines is 1. The van der Waals surface area contributed by atoms with Crippen molar-refractivity contribution in [2.45, 2.75) is 88.3 Å². The Hall–Kier alpha value is -5.39. The summed E-state index contributed by atoms with van der Waals surface area (Å²) >= 11 is 0. The molecule has 14 heteroatoms. The third-order valence-electron chi connectivity index (χ3n) is 12.5. The van der Waals surface area contributed by atoms with Crippen LogP contribution in [-0.2, 0) is 23.0 Å². The normalized spacial score (nSPS) is 23.5. The zero-order valence-electron chi connectivity index (χ0n) is 30.0. The van der Waals surface area contributed by atoms with Crippen molar-refractivity contribution in [3.8, 4) is 23.4 Å². The minimum atomic E-state index is -0.507. The lowest BCUT2D eigenvalue weighted by Crippen LogP contribution is -2.36. The molecule has 2 N–H and O–H groups in total. The number of likely N-dealkylation sites (tertiary alicyclic amines) is 1. The quantitative estimate of drug-likeness (QED) is 0.238. The fraction of sp³-hybridized carbons (Fsp3) is 0.462. The van der Waals surface area contributed by atoms with E-state index in [1.54, 1.807) is 15.4 Å². The van der Waals surface area contributed by atoms with Crippen LogP contribution in [0.4, 0.5) is 5.69 Å². The van der Waals surface area contributed by atoms with Crippen LogP contribution in [0.25, 0.3) is 39.3 Å². The van der Waals surface area contributed by atoms with Gasteiger partial charge in [0.25, 0.3) is 5.56 Å². The number of likely N-dealkylation sites (N-methyl/N-ethyl adjacent to an activating group) is 1. The first-order chi connectivity index (χ1) is 25.9. The highest BCUT2D eigenvalue weighted by Crippen LogP contribution is 2.53. The van der Waals surface area contributed by atoms with E-state index in [0.717, 1.165) is 97.6 Å². The van der Waals surface area contributed by atoms with E-state index in [1.165, 1.54) is 0 Å². The monoisotopic (exact) mass is 711 g/mol. The number of nitrogens with two attached hydrogens (primary N) is 1. The predicted octanol–water partition coefficient (Wildman–Crippen LogP) is 5.01. The number of rotatable bonds is 5. The van der Waals surface area contributed by atoms with E-state index < -0.39 is 5.41 Å². The van der Waals surface area contributed by atoms with Gasteiger partial charge < -0.3 is 24.5 Å². The summed E-state index contributed by atoms with van der Waals surface area (Å²) in [4.78, 5) is 26.5. The predicted molar refractivity (Wildman–Crippen MR) is 197 cm³/mol. The maximum Gasteiger partial charge on any atom is 0.279 e. The number of nitrogen functional groups attached to an aromatic ring is 1.